The molecule has 34 heavy (non-hydrogen) atoms. The number of imidazole rings is 1. The average molecular weight is 457 g/mol. The van der Waals surface area contributed by atoms with E-state index in [-0.39, 0.29) is 5.39 Å². The summed E-state index contributed by atoms with van der Waals surface area (Å²) in [6, 6.07) is 15.8. The molecule has 0 atom stereocenters. The Kier molecular flexibility index (Phi) is 5.17. The van der Waals surface area contributed by atoms with E-state index in [1.807, 2.05) is 13.0 Å². The first-order valence-electron chi connectivity index (χ1n) is 10.6. The number of aromatic nitrogens is 4. The van der Waals surface area contributed by atoms with Crippen LogP contribution in [-0.4, -0.2) is 19.1 Å². The van der Waals surface area contributed by atoms with Gasteiger partial charge in [0, 0.05) is 41.4 Å². The van der Waals surface area contributed by atoms with Crippen molar-refractivity contribution in [3.8, 4) is 28.7 Å². The Morgan fingerprint density at radius 2 is 1.88 bits per heavy atom. The third-order valence-electron chi connectivity index (χ3n) is 5.78. The first-order valence-corrected chi connectivity index (χ1v) is 10.6. The van der Waals surface area contributed by atoms with E-state index in [2.05, 4.69) is 16.0 Å². The largest absolute Gasteiger partial charge is 0.418 e. The van der Waals surface area contributed by atoms with Gasteiger partial charge in [-0.1, -0.05) is 13.0 Å². The van der Waals surface area contributed by atoms with E-state index in [0.717, 1.165) is 17.3 Å². The standard InChI is InChI=1S/C26H18F3N5/c1-2-18-11-17(12-30)8-9-22(18)34-14-20(26(27,28)29)25-23(6-3-7-24(25)34)33-15-21(32-16-33)19-5-4-10-31-13-19/h3-11,13-16H,2H2,1H3. The molecule has 168 valence electrons. The summed E-state index contributed by atoms with van der Waals surface area (Å²) in [5.41, 5.74) is 3.30. The zero-order valence-electron chi connectivity index (χ0n) is 18.1. The predicted octanol–water partition coefficient (Wildman–Crippen LogP) is 6.33. The summed E-state index contributed by atoms with van der Waals surface area (Å²) in [4.78, 5) is 8.46. The molecule has 3 heterocycles. The third-order valence-corrected chi connectivity index (χ3v) is 5.78. The van der Waals surface area contributed by atoms with Crippen LogP contribution in [-0.2, 0) is 12.6 Å². The van der Waals surface area contributed by atoms with Crippen LogP contribution in [0, 0.1) is 11.3 Å². The quantitative estimate of drug-likeness (QED) is 0.317. The predicted molar refractivity (Wildman–Crippen MR) is 123 cm³/mol. The van der Waals surface area contributed by atoms with Crippen LogP contribution in [0.15, 0.2) is 79.6 Å². The molecule has 0 aliphatic heterocycles. The van der Waals surface area contributed by atoms with E-state index in [4.69, 9.17) is 0 Å². The fraction of sp³-hybridized carbons (Fsp3) is 0.115. The third kappa shape index (κ3) is 3.61. The molecule has 5 rings (SSSR count). The van der Waals surface area contributed by atoms with Crippen molar-refractivity contribution >= 4 is 10.9 Å². The highest BCUT2D eigenvalue weighted by molar-refractivity contribution is 5.94. The average Bonchev–Trinajstić information content (AvgIpc) is 3.49. The molecule has 8 heteroatoms. The van der Waals surface area contributed by atoms with Crippen LogP contribution < -0.4 is 0 Å². The van der Waals surface area contributed by atoms with Gasteiger partial charge in [0.15, 0.2) is 0 Å². The lowest BCUT2D eigenvalue weighted by molar-refractivity contribution is -0.136. The maximum Gasteiger partial charge on any atom is 0.418 e. The van der Waals surface area contributed by atoms with Gasteiger partial charge in [0.05, 0.1) is 40.4 Å². The molecule has 0 fully saturated rings. The van der Waals surface area contributed by atoms with Crippen molar-refractivity contribution in [2.75, 3.05) is 0 Å². The van der Waals surface area contributed by atoms with E-state index in [0.29, 0.717) is 34.6 Å². The Hall–Kier alpha value is -4.38. The van der Waals surface area contributed by atoms with Crippen LogP contribution in [0.1, 0.15) is 23.6 Å². The van der Waals surface area contributed by atoms with Crippen LogP contribution >= 0.6 is 0 Å². The molecule has 2 aromatic carbocycles. The van der Waals surface area contributed by atoms with Crippen molar-refractivity contribution in [1.29, 1.82) is 5.26 Å². The van der Waals surface area contributed by atoms with Gasteiger partial charge in [0.25, 0.3) is 0 Å². The van der Waals surface area contributed by atoms with Gasteiger partial charge in [-0.05, 0) is 54.4 Å². The SMILES string of the molecule is CCc1cc(C#N)ccc1-n1cc(C(F)(F)F)c2c(-n3cnc(-c4cccnc4)c3)cccc21. The highest BCUT2D eigenvalue weighted by atomic mass is 19.4. The summed E-state index contributed by atoms with van der Waals surface area (Å²) >= 11 is 0. The maximum absolute atomic E-state index is 14.2. The molecule has 0 N–H and O–H groups in total. The normalized spacial score (nSPS) is 11.6. The summed E-state index contributed by atoms with van der Waals surface area (Å²) in [6.45, 7) is 1.91. The second-order valence-corrected chi connectivity index (χ2v) is 7.80. The Labute approximate surface area is 193 Å². The molecule has 5 nitrogen and oxygen atoms in total. The molecule has 0 saturated carbocycles. The molecular weight excluding hydrogens is 439 g/mol. The molecule has 3 aromatic heterocycles. The summed E-state index contributed by atoms with van der Waals surface area (Å²) in [7, 11) is 0. The lowest BCUT2D eigenvalue weighted by atomic mass is 10.1. The molecular formula is C26H18F3N5. The minimum atomic E-state index is -4.56. The second kappa shape index (κ2) is 8.19. The van der Waals surface area contributed by atoms with E-state index >= 15 is 0 Å². The Morgan fingerprint density at radius 1 is 1.03 bits per heavy atom. The summed E-state index contributed by atoms with van der Waals surface area (Å²) in [6.07, 6.45) is 3.64. The molecule has 0 aliphatic carbocycles. The molecule has 0 bridgehead atoms. The van der Waals surface area contributed by atoms with Crippen LogP contribution in [0.25, 0.3) is 33.5 Å². The zero-order chi connectivity index (χ0) is 23.9. The molecule has 0 aliphatic rings. The van der Waals surface area contributed by atoms with Gasteiger partial charge in [-0.15, -0.1) is 0 Å². The van der Waals surface area contributed by atoms with Crippen molar-refractivity contribution < 1.29 is 13.2 Å². The van der Waals surface area contributed by atoms with E-state index in [9.17, 15) is 18.4 Å². The Morgan fingerprint density at radius 3 is 2.59 bits per heavy atom. The second-order valence-electron chi connectivity index (χ2n) is 7.80. The lowest BCUT2D eigenvalue weighted by Gasteiger charge is -2.12. The molecule has 0 spiro atoms. The Balaban J connectivity index is 1.75. The van der Waals surface area contributed by atoms with Crippen LogP contribution in [0.2, 0.25) is 0 Å². The minimum absolute atomic E-state index is 0.0801. The first-order chi connectivity index (χ1) is 16.4. The van der Waals surface area contributed by atoms with E-state index in [1.54, 1.807) is 70.2 Å². The van der Waals surface area contributed by atoms with Crippen molar-refractivity contribution in [3.05, 3.63) is 96.3 Å². The van der Waals surface area contributed by atoms with Crippen LogP contribution in [0.5, 0.6) is 0 Å². The smallest absolute Gasteiger partial charge is 0.316 e. The molecule has 5 aromatic rings. The molecule has 0 radical (unpaired) electrons. The van der Waals surface area contributed by atoms with Crippen molar-refractivity contribution in [2.45, 2.75) is 19.5 Å². The number of benzene rings is 2. The van der Waals surface area contributed by atoms with Crippen LogP contribution in [0.3, 0.4) is 0 Å². The number of halogens is 3. The minimum Gasteiger partial charge on any atom is -0.316 e. The van der Waals surface area contributed by atoms with Gasteiger partial charge in [-0.2, -0.15) is 18.4 Å². The number of alkyl halides is 3. The first kappa shape index (κ1) is 21.5. The summed E-state index contributed by atoms with van der Waals surface area (Å²) < 4.78 is 45.8. The van der Waals surface area contributed by atoms with E-state index in [1.165, 1.54) is 6.33 Å². The van der Waals surface area contributed by atoms with Crippen LogP contribution in [0.4, 0.5) is 13.2 Å². The van der Waals surface area contributed by atoms with Gasteiger partial charge in [0.1, 0.15) is 0 Å². The molecule has 0 saturated heterocycles. The fourth-order valence-corrected chi connectivity index (χ4v) is 4.19. The molecule has 0 unspecified atom stereocenters. The van der Waals surface area contributed by atoms with Gasteiger partial charge in [-0.25, -0.2) is 4.98 Å². The number of fused-ring (bicyclic) bond motifs is 1. The monoisotopic (exact) mass is 457 g/mol. The molecule has 0 amide bonds. The highest BCUT2D eigenvalue weighted by Crippen LogP contribution is 2.40. The zero-order valence-corrected chi connectivity index (χ0v) is 18.1. The highest BCUT2D eigenvalue weighted by Gasteiger charge is 2.36. The van der Waals surface area contributed by atoms with Gasteiger partial charge >= 0.3 is 6.18 Å². The summed E-state index contributed by atoms with van der Waals surface area (Å²) in [5, 5.41) is 9.31. The number of nitrogens with zero attached hydrogens (tertiary/aromatic N) is 5. The number of rotatable bonds is 4. The van der Waals surface area contributed by atoms with Crippen molar-refractivity contribution in [2.24, 2.45) is 0 Å². The number of hydrogen-bond acceptors (Lipinski definition) is 3. The number of nitriles is 1. The maximum atomic E-state index is 14.2. The Bertz CT molecular complexity index is 1540. The summed E-state index contributed by atoms with van der Waals surface area (Å²) in [5.74, 6) is 0. The number of aryl methyl sites for hydroxylation is 1. The van der Waals surface area contributed by atoms with Gasteiger partial charge in [0.2, 0.25) is 0 Å². The fourth-order valence-electron chi connectivity index (χ4n) is 4.19. The number of pyridine rings is 1. The van der Waals surface area contributed by atoms with Crippen molar-refractivity contribution in [3.63, 3.8) is 0 Å². The van der Waals surface area contributed by atoms with Gasteiger partial charge < -0.3 is 9.13 Å². The number of hydrogen-bond donors (Lipinski definition) is 0. The lowest BCUT2D eigenvalue weighted by Crippen LogP contribution is -2.05. The van der Waals surface area contributed by atoms with Gasteiger partial charge in [-0.3, -0.25) is 4.98 Å². The van der Waals surface area contributed by atoms with Crippen molar-refractivity contribution in [1.82, 2.24) is 19.1 Å². The topological polar surface area (TPSA) is 59.4 Å². The van der Waals surface area contributed by atoms with E-state index < -0.39 is 11.7 Å².